The first-order chi connectivity index (χ1) is 6.31. The molecule has 5 heteroatoms. The summed E-state index contributed by atoms with van der Waals surface area (Å²) in [5.74, 6) is 0. The van der Waals surface area contributed by atoms with Gasteiger partial charge in [0.1, 0.15) is 0 Å². The Morgan fingerprint density at radius 2 is 2.46 bits per heavy atom. The summed E-state index contributed by atoms with van der Waals surface area (Å²) in [5.41, 5.74) is 1.09. The minimum Gasteiger partial charge on any atom is -0.341 e. The van der Waals surface area contributed by atoms with Crippen LogP contribution in [0.1, 0.15) is 5.69 Å². The lowest BCUT2D eigenvalue weighted by atomic mass is 10.3. The van der Waals surface area contributed by atoms with Crippen LogP contribution in [0.15, 0.2) is 12.3 Å². The molecule has 0 aliphatic carbocycles. The Labute approximate surface area is 76.3 Å². The summed E-state index contributed by atoms with van der Waals surface area (Å²) in [7, 11) is 1.65. The van der Waals surface area contributed by atoms with Crippen LogP contribution in [0.2, 0.25) is 0 Å². The Bertz CT molecular complexity index is 320. The molecular weight excluding hydrogens is 168 g/mol. The molecule has 2 amide bonds. The van der Waals surface area contributed by atoms with Gasteiger partial charge in [0.2, 0.25) is 0 Å². The van der Waals surface area contributed by atoms with E-state index < -0.39 is 0 Å². The van der Waals surface area contributed by atoms with E-state index in [1.165, 1.54) is 0 Å². The lowest BCUT2D eigenvalue weighted by Gasteiger charge is -2.27. The molecule has 0 bridgehead atoms. The monoisotopic (exact) mass is 180 g/mol. The average Bonchev–Trinajstić information content (AvgIpc) is 2.63. The van der Waals surface area contributed by atoms with Crippen LogP contribution >= 0.6 is 0 Å². The van der Waals surface area contributed by atoms with Gasteiger partial charge in [-0.2, -0.15) is 5.10 Å². The van der Waals surface area contributed by atoms with Gasteiger partial charge in [0.05, 0.1) is 18.8 Å². The molecule has 1 aliphatic rings. The van der Waals surface area contributed by atoms with Gasteiger partial charge in [0, 0.05) is 19.8 Å². The van der Waals surface area contributed by atoms with Crippen LogP contribution < -0.4 is 5.32 Å². The van der Waals surface area contributed by atoms with Crippen LogP contribution in [0.5, 0.6) is 0 Å². The predicted octanol–water partition coefficient (Wildman–Crippen LogP) is 0.0381. The van der Waals surface area contributed by atoms with E-state index in [4.69, 9.17) is 0 Å². The first-order valence-corrected chi connectivity index (χ1v) is 4.28. The van der Waals surface area contributed by atoms with E-state index in [-0.39, 0.29) is 6.03 Å². The third-order valence-electron chi connectivity index (χ3n) is 2.24. The van der Waals surface area contributed by atoms with E-state index in [0.29, 0.717) is 6.54 Å². The van der Waals surface area contributed by atoms with Crippen LogP contribution in [0.3, 0.4) is 0 Å². The highest BCUT2D eigenvalue weighted by Crippen LogP contribution is 2.10. The average molecular weight is 180 g/mol. The number of nitrogens with zero attached hydrogens (tertiary/aromatic N) is 3. The number of carbonyl (C=O) groups excluding carboxylic acids is 1. The van der Waals surface area contributed by atoms with E-state index in [0.717, 1.165) is 18.8 Å². The maximum Gasteiger partial charge on any atom is 0.317 e. The molecule has 70 valence electrons. The Morgan fingerprint density at radius 3 is 3.23 bits per heavy atom. The topological polar surface area (TPSA) is 50.2 Å². The fraction of sp³-hybridized carbons (Fsp3) is 0.500. The summed E-state index contributed by atoms with van der Waals surface area (Å²) in [6.45, 7) is 2.17. The van der Waals surface area contributed by atoms with Crippen LogP contribution in [0.4, 0.5) is 4.79 Å². The number of hydrogen-bond donors (Lipinski definition) is 1. The van der Waals surface area contributed by atoms with Crippen molar-refractivity contribution >= 4 is 6.03 Å². The quantitative estimate of drug-likeness (QED) is 0.612. The Morgan fingerprint density at radius 1 is 1.62 bits per heavy atom. The van der Waals surface area contributed by atoms with Crippen molar-refractivity contribution in [3.05, 3.63) is 18.0 Å². The highest BCUT2D eigenvalue weighted by atomic mass is 16.2. The van der Waals surface area contributed by atoms with Gasteiger partial charge in [-0.05, 0) is 6.07 Å². The molecule has 1 aliphatic heterocycles. The number of rotatable bonds is 0. The third-order valence-corrected chi connectivity index (χ3v) is 2.24. The maximum atomic E-state index is 11.3. The molecule has 2 rings (SSSR count). The highest BCUT2D eigenvalue weighted by Gasteiger charge is 2.19. The van der Waals surface area contributed by atoms with Gasteiger partial charge >= 0.3 is 6.03 Å². The molecule has 0 fully saturated rings. The number of nitrogens with one attached hydrogen (secondary N) is 1. The van der Waals surface area contributed by atoms with E-state index in [1.807, 2.05) is 10.7 Å². The zero-order chi connectivity index (χ0) is 9.26. The Hall–Kier alpha value is -1.52. The van der Waals surface area contributed by atoms with E-state index >= 15 is 0 Å². The smallest absolute Gasteiger partial charge is 0.317 e. The number of urea groups is 1. The van der Waals surface area contributed by atoms with Gasteiger partial charge in [-0.1, -0.05) is 0 Å². The summed E-state index contributed by atoms with van der Waals surface area (Å²) < 4.78 is 1.93. The predicted molar refractivity (Wildman–Crippen MR) is 47.1 cm³/mol. The van der Waals surface area contributed by atoms with Gasteiger partial charge in [0.25, 0.3) is 0 Å². The normalized spacial score (nSPS) is 15.3. The van der Waals surface area contributed by atoms with Gasteiger partial charge < -0.3 is 10.2 Å². The molecule has 0 spiro atoms. The molecule has 1 aromatic heterocycles. The van der Waals surface area contributed by atoms with Crippen molar-refractivity contribution in [3.63, 3.8) is 0 Å². The second kappa shape index (κ2) is 3.08. The zero-order valence-corrected chi connectivity index (χ0v) is 7.53. The summed E-state index contributed by atoms with van der Waals surface area (Å²) >= 11 is 0. The minimum atomic E-state index is -0.0209. The lowest BCUT2D eigenvalue weighted by Crippen LogP contribution is -2.42. The van der Waals surface area contributed by atoms with Crippen molar-refractivity contribution in [2.75, 3.05) is 13.6 Å². The molecule has 1 aromatic rings. The van der Waals surface area contributed by atoms with E-state index in [2.05, 4.69) is 10.4 Å². The number of hydrogen-bond acceptors (Lipinski definition) is 2. The van der Waals surface area contributed by atoms with Crippen LogP contribution in [0, 0.1) is 0 Å². The Kier molecular flexibility index (Phi) is 1.92. The van der Waals surface area contributed by atoms with Crippen LogP contribution in [-0.2, 0) is 13.1 Å². The lowest BCUT2D eigenvalue weighted by molar-refractivity contribution is 0.183. The van der Waals surface area contributed by atoms with Crippen molar-refractivity contribution in [2.24, 2.45) is 0 Å². The van der Waals surface area contributed by atoms with Crippen molar-refractivity contribution in [1.82, 2.24) is 20.0 Å². The summed E-state index contributed by atoms with van der Waals surface area (Å²) in [4.78, 5) is 13.1. The zero-order valence-electron chi connectivity index (χ0n) is 7.53. The summed E-state index contributed by atoms with van der Waals surface area (Å²) in [6, 6.07) is 1.92. The van der Waals surface area contributed by atoms with Crippen molar-refractivity contribution in [2.45, 2.75) is 13.1 Å². The maximum absolute atomic E-state index is 11.3. The molecule has 5 nitrogen and oxygen atoms in total. The highest BCUT2D eigenvalue weighted by molar-refractivity contribution is 5.73. The second-order valence-corrected chi connectivity index (χ2v) is 3.02. The number of carbonyl (C=O) groups is 1. The minimum absolute atomic E-state index is 0.0209. The fourth-order valence-corrected chi connectivity index (χ4v) is 1.52. The third kappa shape index (κ3) is 1.37. The second-order valence-electron chi connectivity index (χ2n) is 3.02. The van der Waals surface area contributed by atoms with Gasteiger partial charge in [-0.15, -0.1) is 0 Å². The van der Waals surface area contributed by atoms with E-state index in [9.17, 15) is 4.79 Å². The molecule has 2 heterocycles. The molecular formula is C8H12N4O. The Balaban J connectivity index is 2.13. The molecule has 0 atom stereocenters. The number of amides is 2. The first kappa shape index (κ1) is 8.10. The van der Waals surface area contributed by atoms with Crippen molar-refractivity contribution in [3.8, 4) is 0 Å². The largest absolute Gasteiger partial charge is 0.341 e. The van der Waals surface area contributed by atoms with Gasteiger partial charge in [-0.25, -0.2) is 4.79 Å². The molecule has 0 radical (unpaired) electrons. The molecule has 0 saturated heterocycles. The standard InChI is InChI=1S/C8H12N4O/c1-9-8(13)11-4-5-12-7(6-11)2-3-10-12/h2-3H,4-6H2,1H3,(H,9,13). The van der Waals surface area contributed by atoms with Crippen molar-refractivity contribution < 1.29 is 4.79 Å². The van der Waals surface area contributed by atoms with Gasteiger partial charge in [0.15, 0.2) is 0 Å². The van der Waals surface area contributed by atoms with Crippen molar-refractivity contribution in [1.29, 1.82) is 0 Å². The number of aromatic nitrogens is 2. The SMILES string of the molecule is CNC(=O)N1CCn2nccc2C1. The molecule has 13 heavy (non-hydrogen) atoms. The fourth-order valence-electron chi connectivity index (χ4n) is 1.52. The molecule has 0 unspecified atom stereocenters. The molecule has 1 N–H and O–H groups in total. The number of fused-ring (bicyclic) bond motifs is 1. The van der Waals surface area contributed by atoms with Crippen LogP contribution in [-0.4, -0.2) is 34.3 Å². The molecule has 0 saturated carbocycles. The summed E-state index contributed by atoms with van der Waals surface area (Å²) in [6.07, 6.45) is 1.77. The molecule has 0 aromatic carbocycles. The summed E-state index contributed by atoms with van der Waals surface area (Å²) in [5, 5.41) is 6.75. The van der Waals surface area contributed by atoms with Crippen LogP contribution in [0.25, 0.3) is 0 Å². The first-order valence-electron chi connectivity index (χ1n) is 4.28. The van der Waals surface area contributed by atoms with Gasteiger partial charge in [-0.3, -0.25) is 4.68 Å². The van der Waals surface area contributed by atoms with E-state index in [1.54, 1.807) is 18.1 Å².